The van der Waals surface area contributed by atoms with E-state index in [0.717, 1.165) is 21.6 Å². The third-order valence-electron chi connectivity index (χ3n) is 4.70. The summed E-state index contributed by atoms with van der Waals surface area (Å²) >= 11 is 3.45. The largest absolute Gasteiger partial charge is 0.321 e. The minimum atomic E-state index is -0.371. The van der Waals surface area contributed by atoms with Gasteiger partial charge in [0.2, 0.25) is 5.91 Å². The number of carbonyl (C=O) groups excluding carboxylic acids is 2. The average molecular weight is 463 g/mol. The van der Waals surface area contributed by atoms with E-state index in [0.29, 0.717) is 17.9 Å². The summed E-state index contributed by atoms with van der Waals surface area (Å²) in [6, 6.07) is 0. The van der Waals surface area contributed by atoms with Crippen LogP contribution in [-0.2, 0) is 24.9 Å². The molecule has 0 aliphatic carbocycles. The normalized spacial score (nSPS) is 11.0. The molecule has 0 atom stereocenters. The number of hydrogen-bond donors (Lipinski definition) is 2. The monoisotopic (exact) mass is 462 g/mol. The summed E-state index contributed by atoms with van der Waals surface area (Å²) in [4.78, 5) is 25.5. The van der Waals surface area contributed by atoms with E-state index in [-0.39, 0.29) is 24.1 Å². The van der Waals surface area contributed by atoms with Gasteiger partial charge in [0, 0.05) is 13.6 Å². The zero-order valence-electron chi connectivity index (χ0n) is 16.9. The van der Waals surface area contributed by atoms with E-state index in [4.69, 9.17) is 0 Å². The summed E-state index contributed by atoms with van der Waals surface area (Å²) in [6.07, 6.45) is 3.06. The maximum absolute atomic E-state index is 12.9. The number of nitrogens with one attached hydrogen (secondary N) is 2. The van der Waals surface area contributed by atoms with E-state index >= 15 is 0 Å². The first-order valence-corrected chi connectivity index (χ1v) is 9.87. The molecule has 3 rings (SSSR count). The van der Waals surface area contributed by atoms with Crippen molar-refractivity contribution < 1.29 is 9.59 Å². The van der Waals surface area contributed by atoms with Gasteiger partial charge in [-0.25, -0.2) is 0 Å². The van der Waals surface area contributed by atoms with Crippen molar-refractivity contribution in [2.75, 3.05) is 10.6 Å². The first-order chi connectivity index (χ1) is 13.7. The molecule has 10 nitrogen and oxygen atoms in total. The van der Waals surface area contributed by atoms with Gasteiger partial charge in [0.25, 0.3) is 5.91 Å². The van der Waals surface area contributed by atoms with E-state index < -0.39 is 0 Å². The quantitative estimate of drug-likeness (QED) is 0.583. The molecule has 2 N–H and O–H groups in total. The Morgan fingerprint density at radius 2 is 1.72 bits per heavy atom. The summed E-state index contributed by atoms with van der Waals surface area (Å²) in [6.45, 7) is 7.97. The third kappa shape index (κ3) is 4.09. The Morgan fingerprint density at radius 3 is 2.28 bits per heavy atom. The maximum Gasteiger partial charge on any atom is 0.276 e. The summed E-state index contributed by atoms with van der Waals surface area (Å²) in [7, 11) is 1.80. The first-order valence-electron chi connectivity index (χ1n) is 9.08. The number of aryl methyl sites for hydroxylation is 3. The van der Waals surface area contributed by atoms with Crippen LogP contribution < -0.4 is 10.6 Å². The molecule has 0 unspecified atom stereocenters. The lowest BCUT2D eigenvalue weighted by molar-refractivity contribution is -0.116. The molecule has 11 heteroatoms. The molecule has 3 heterocycles. The average Bonchev–Trinajstić information content (AvgIpc) is 3.30. The molecular weight excluding hydrogens is 440 g/mol. The van der Waals surface area contributed by atoms with Gasteiger partial charge in [-0.3, -0.25) is 23.6 Å². The van der Waals surface area contributed by atoms with E-state index in [1.165, 1.54) is 10.9 Å². The van der Waals surface area contributed by atoms with Gasteiger partial charge in [-0.05, 0) is 43.6 Å². The molecule has 0 saturated carbocycles. The lowest BCUT2D eigenvalue weighted by atomic mass is 10.3. The van der Waals surface area contributed by atoms with Gasteiger partial charge in [0.15, 0.2) is 0 Å². The summed E-state index contributed by atoms with van der Waals surface area (Å²) in [5.74, 6) is -0.671. The van der Waals surface area contributed by atoms with Gasteiger partial charge in [0.1, 0.15) is 12.2 Å². The highest BCUT2D eigenvalue weighted by Crippen LogP contribution is 2.21. The van der Waals surface area contributed by atoms with Gasteiger partial charge >= 0.3 is 0 Å². The summed E-state index contributed by atoms with van der Waals surface area (Å²) in [5.41, 5.74) is 3.70. The molecule has 154 valence electrons. The van der Waals surface area contributed by atoms with Crippen LogP contribution in [-0.4, -0.2) is 41.2 Å². The van der Waals surface area contributed by atoms with Gasteiger partial charge in [0.05, 0.1) is 45.3 Å². The first kappa shape index (κ1) is 20.8. The molecule has 0 spiro atoms. The molecule has 0 aromatic carbocycles. The van der Waals surface area contributed by atoms with Crippen LogP contribution in [0.2, 0.25) is 0 Å². The number of rotatable bonds is 6. The van der Waals surface area contributed by atoms with Crippen LogP contribution in [0.5, 0.6) is 0 Å². The predicted molar refractivity (Wildman–Crippen MR) is 112 cm³/mol. The fourth-order valence-electron chi connectivity index (χ4n) is 2.91. The zero-order chi connectivity index (χ0) is 21.3. The summed E-state index contributed by atoms with van der Waals surface area (Å²) in [5, 5.41) is 18.3. The van der Waals surface area contributed by atoms with Crippen LogP contribution in [0.15, 0.2) is 16.9 Å². The molecule has 29 heavy (non-hydrogen) atoms. The molecule has 0 saturated heterocycles. The minimum Gasteiger partial charge on any atom is -0.321 e. The van der Waals surface area contributed by atoms with Crippen molar-refractivity contribution in [1.29, 1.82) is 0 Å². The molecule has 3 aromatic heterocycles. The van der Waals surface area contributed by atoms with Crippen molar-refractivity contribution in [2.24, 2.45) is 7.05 Å². The molecule has 2 amide bonds. The predicted octanol–water partition coefficient (Wildman–Crippen LogP) is 2.41. The van der Waals surface area contributed by atoms with E-state index in [1.807, 2.05) is 27.7 Å². The van der Waals surface area contributed by atoms with Crippen LogP contribution in [0.3, 0.4) is 0 Å². The Morgan fingerprint density at radius 1 is 1.03 bits per heavy atom. The standard InChI is InChI=1S/C18H23BrN8O2/c1-6-26-17(18(29)23-13-7-20-25(5)11(13)3)14(8-21-26)22-15(28)9-27-12(4)16(19)10(2)24-27/h7-8H,6,9H2,1-5H3,(H,22,28)(H,23,29). The number of halogens is 1. The van der Waals surface area contributed by atoms with Crippen LogP contribution in [0.1, 0.15) is 34.5 Å². The topological polar surface area (TPSA) is 112 Å². The fourth-order valence-corrected chi connectivity index (χ4v) is 3.20. The maximum atomic E-state index is 12.9. The Hall–Kier alpha value is -2.95. The Labute approximate surface area is 176 Å². The molecule has 0 aliphatic heterocycles. The highest BCUT2D eigenvalue weighted by molar-refractivity contribution is 9.10. The van der Waals surface area contributed by atoms with Gasteiger partial charge in [-0.2, -0.15) is 15.3 Å². The molecule has 0 fully saturated rings. The van der Waals surface area contributed by atoms with Gasteiger partial charge < -0.3 is 10.6 Å². The highest BCUT2D eigenvalue weighted by Gasteiger charge is 2.22. The van der Waals surface area contributed by atoms with E-state index in [2.05, 4.69) is 41.9 Å². The number of hydrogen-bond acceptors (Lipinski definition) is 5. The van der Waals surface area contributed by atoms with Crippen molar-refractivity contribution in [3.05, 3.63) is 39.6 Å². The Balaban J connectivity index is 1.80. The second-order valence-electron chi connectivity index (χ2n) is 6.63. The molecule has 3 aromatic rings. The van der Waals surface area contributed by atoms with Crippen molar-refractivity contribution >= 4 is 39.1 Å². The third-order valence-corrected chi connectivity index (χ3v) is 5.85. The van der Waals surface area contributed by atoms with Crippen LogP contribution in [0, 0.1) is 20.8 Å². The SMILES string of the molecule is CCn1ncc(NC(=O)Cn2nc(C)c(Br)c2C)c1C(=O)Nc1cnn(C)c1C. The lowest BCUT2D eigenvalue weighted by Crippen LogP contribution is -2.24. The van der Waals surface area contributed by atoms with E-state index in [1.54, 1.807) is 22.6 Å². The number of amides is 2. The van der Waals surface area contributed by atoms with Crippen molar-refractivity contribution in [1.82, 2.24) is 29.3 Å². The Bertz CT molecular complexity index is 1080. The number of aromatic nitrogens is 6. The van der Waals surface area contributed by atoms with Crippen molar-refractivity contribution in [2.45, 2.75) is 40.8 Å². The highest BCUT2D eigenvalue weighted by atomic mass is 79.9. The molecule has 0 radical (unpaired) electrons. The van der Waals surface area contributed by atoms with Gasteiger partial charge in [-0.1, -0.05) is 0 Å². The number of carbonyl (C=O) groups is 2. The molecule has 0 bridgehead atoms. The lowest BCUT2D eigenvalue weighted by Gasteiger charge is -2.10. The number of anilines is 2. The fraction of sp³-hybridized carbons (Fsp3) is 0.389. The second kappa shape index (κ2) is 8.19. The van der Waals surface area contributed by atoms with Crippen molar-refractivity contribution in [3.63, 3.8) is 0 Å². The second-order valence-corrected chi connectivity index (χ2v) is 7.43. The number of nitrogens with zero attached hydrogens (tertiary/aromatic N) is 6. The van der Waals surface area contributed by atoms with Crippen LogP contribution in [0.4, 0.5) is 11.4 Å². The van der Waals surface area contributed by atoms with Crippen LogP contribution in [0.25, 0.3) is 0 Å². The molecular formula is C18H23BrN8O2. The van der Waals surface area contributed by atoms with Gasteiger partial charge in [-0.15, -0.1) is 0 Å². The van der Waals surface area contributed by atoms with Crippen LogP contribution >= 0.6 is 15.9 Å². The smallest absolute Gasteiger partial charge is 0.276 e. The minimum absolute atomic E-state index is 0.0261. The Kier molecular flexibility index (Phi) is 5.87. The van der Waals surface area contributed by atoms with Crippen molar-refractivity contribution in [3.8, 4) is 0 Å². The molecule has 0 aliphatic rings. The van der Waals surface area contributed by atoms with E-state index in [9.17, 15) is 9.59 Å². The summed E-state index contributed by atoms with van der Waals surface area (Å²) < 4.78 is 5.69. The zero-order valence-corrected chi connectivity index (χ0v) is 18.5.